The summed E-state index contributed by atoms with van der Waals surface area (Å²) in [6.07, 6.45) is 0. The number of pyridine rings is 1. The van der Waals surface area contributed by atoms with Crippen LogP contribution >= 0.6 is 0 Å². The molecular weight excluding hydrogens is 270 g/mol. The fourth-order valence-electron chi connectivity index (χ4n) is 1.97. The van der Waals surface area contributed by atoms with Gasteiger partial charge < -0.3 is 15.6 Å². The lowest BCUT2D eigenvalue weighted by Crippen LogP contribution is -2.29. The van der Waals surface area contributed by atoms with Gasteiger partial charge in [0, 0.05) is 11.8 Å². The van der Waals surface area contributed by atoms with Gasteiger partial charge in [0.05, 0.1) is 11.3 Å². The van der Waals surface area contributed by atoms with E-state index in [1.807, 2.05) is 0 Å². The van der Waals surface area contributed by atoms with Crippen LogP contribution in [0.2, 0.25) is 0 Å². The van der Waals surface area contributed by atoms with Crippen LogP contribution in [0.5, 0.6) is 0 Å². The van der Waals surface area contributed by atoms with Crippen LogP contribution in [0.1, 0.15) is 16.1 Å². The van der Waals surface area contributed by atoms with Crippen molar-refractivity contribution in [2.75, 3.05) is 5.32 Å². The van der Waals surface area contributed by atoms with E-state index in [1.165, 1.54) is 16.7 Å². The van der Waals surface area contributed by atoms with Crippen LogP contribution in [-0.4, -0.2) is 16.4 Å². The first-order valence-corrected chi connectivity index (χ1v) is 6.34. The monoisotopic (exact) mass is 285 g/mol. The van der Waals surface area contributed by atoms with Gasteiger partial charge in [-0.15, -0.1) is 0 Å². The minimum absolute atomic E-state index is 0.126. The Bertz CT molecular complexity index is 750. The third-order valence-electron chi connectivity index (χ3n) is 3.04. The Morgan fingerprint density at radius 1 is 1.14 bits per heavy atom. The molecule has 6 nitrogen and oxygen atoms in total. The summed E-state index contributed by atoms with van der Waals surface area (Å²) in [6, 6.07) is 11.2. The Hall–Kier alpha value is -2.89. The molecule has 2 amide bonds. The number of nitrogens with zero attached hydrogens (tertiary/aromatic N) is 1. The Kier molecular flexibility index (Phi) is 4.18. The summed E-state index contributed by atoms with van der Waals surface area (Å²) in [5.74, 6) is -1.03. The van der Waals surface area contributed by atoms with E-state index in [4.69, 9.17) is 5.73 Å². The van der Waals surface area contributed by atoms with Crippen molar-refractivity contribution in [3.8, 4) is 0 Å². The molecule has 0 unspecified atom stereocenters. The molecule has 21 heavy (non-hydrogen) atoms. The first-order chi connectivity index (χ1) is 9.99. The van der Waals surface area contributed by atoms with Gasteiger partial charge >= 0.3 is 0 Å². The molecule has 0 bridgehead atoms. The van der Waals surface area contributed by atoms with Gasteiger partial charge in [-0.1, -0.05) is 18.2 Å². The Morgan fingerprint density at radius 2 is 1.86 bits per heavy atom. The SMILES string of the molecule is Cc1cccc(=O)n1CC(=O)Nc1ccccc1C(N)=O. The molecule has 0 aliphatic carbocycles. The fraction of sp³-hybridized carbons (Fsp3) is 0.133. The van der Waals surface area contributed by atoms with Gasteiger partial charge in [0.15, 0.2) is 0 Å². The molecule has 0 atom stereocenters. The first-order valence-electron chi connectivity index (χ1n) is 6.34. The lowest BCUT2D eigenvalue weighted by atomic mass is 10.1. The van der Waals surface area contributed by atoms with Crippen molar-refractivity contribution in [3.05, 3.63) is 64.1 Å². The molecule has 1 aromatic carbocycles. The molecule has 2 aromatic rings. The molecule has 108 valence electrons. The highest BCUT2D eigenvalue weighted by Crippen LogP contribution is 2.14. The quantitative estimate of drug-likeness (QED) is 0.873. The predicted molar refractivity (Wildman–Crippen MR) is 79.0 cm³/mol. The second-order valence-electron chi connectivity index (χ2n) is 4.55. The Balaban J connectivity index is 2.20. The van der Waals surface area contributed by atoms with Crippen molar-refractivity contribution in [2.24, 2.45) is 5.73 Å². The predicted octanol–water partition coefficient (Wildman–Crippen LogP) is 0.894. The lowest BCUT2D eigenvalue weighted by molar-refractivity contribution is -0.116. The standard InChI is InChI=1S/C15H15N3O3/c1-10-5-4-8-14(20)18(10)9-13(19)17-12-7-3-2-6-11(12)15(16)21/h2-8H,9H2,1H3,(H2,16,21)(H,17,19). The van der Waals surface area contributed by atoms with Gasteiger partial charge in [0.2, 0.25) is 5.91 Å². The average molecular weight is 285 g/mol. The van der Waals surface area contributed by atoms with Gasteiger partial charge in [0.1, 0.15) is 6.54 Å². The molecule has 1 aromatic heterocycles. The summed E-state index contributed by atoms with van der Waals surface area (Å²) in [5, 5.41) is 2.60. The summed E-state index contributed by atoms with van der Waals surface area (Å²) >= 11 is 0. The highest BCUT2D eigenvalue weighted by molar-refractivity contribution is 6.02. The van der Waals surface area contributed by atoms with Crippen LogP contribution in [-0.2, 0) is 11.3 Å². The van der Waals surface area contributed by atoms with E-state index in [9.17, 15) is 14.4 Å². The highest BCUT2D eigenvalue weighted by atomic mass is 16.2. The molecule has 0 aliphatic rings. The summed E-state index contributed by atoms with van der Waals surface area (Å²) in [4.78, 5) is 35.0. The van der Waals surface area contributed by atoms with Gasteiger partial charge in [-0.05, 0) is 25.1 Å². The minimum Gasteiger partial charge on any atom is -0.366 e. The smallest absolute Gasteiger partial charge is 0.251 e. The maximum atomic E-state index is 12.0. The van der Waals surface area contributed by atoms with Crippen LogP contribution in [0.15, 0.2) is 47.3 Å². The van der Waals surface area contributed by atoms with E-state index < -0.39 is 11.8 Å². The third-order valence-corrected chi connectivity index (χ3v) is 3.04. The van der Waals surface area contributed by atoms with Gasteiger partial charge in [-0.3, -0.25) is 14.4 Å². The Morgan fingerprint density at radius 3 is 2.52 bits per heavy atom. The number of carbonyl (C=O) groups is 2. The number of primary amides is 1. The third kappa shape index (κ3) is 3.36. The zero-order chi connectivity index (χ0) is 15.4. The summed E-state index contributed by atoms with van der Waals surface area (Å²) < 4.78 is 1.35. The molecule has 0 saturated carbocycles. The number of carbonyl (C=O) groups excluding carboxylic acids is 2. The molecule has 0 spiro atoms. The van der Waals surface area contributed by atoms with Crippen LogP contribution < -0.4 is 16.6 Å². The molecule has 0 aliphatic heterocycles. The molecule has 6 heteroatoms. The summed E-state index contributed by atoms with van der Waals surface area (Å²) in [5.41, 5.74) is 6.23. The largest absolute Gasteiger partial charge is 0.366 e. The number of hydrogen-bond acceptors (Lipinski definition) is 3. The van der Waals surface area contributed by atoms with Crippen LogP contribution in [0, 0.1) is 6.92 Å². The molecule has 2 rings (SSSR count). The topological polar surface area (TPSA) is 94.2 Å². The Labute approximate surface area is 121 Å². The van der Waals surface area contributed by atoms with E-state index >= 15 is 0 Å². The number of para-hydroxylation sites is 1. The van der Waals surface area contributed by atoms with E-state index in [2.05, 4.69) is 5.32 Å². The molecule has 0 fully saturated rings. The van der Waals surface area contributed by atoms with Gasteiger partial charge in [-0.25, -0.2) is 0 Å². The zero-order valence-electron chi connectivity index (χ0n) is 11.5. The molecule has 3 N–H and O–H groups in total. The molecular formula is C15H15N3O3. The van der Waals surface area contributed by atoms with Crippen molar-refractivity contribution in [3.63, 3.8) is 0 Å². The van der Waals surface area contributed by atoms with Gasteiger partial charge in [0.25, 0.3) is 11.5 Å². The molecule has 0 saturated heterocycles. The van der Waals surface area contributed by atoms with Crippen molar-refractivity contribution in [2.45, 2.75) is 13.5 Å². The van der Waals surface area contributed by atoms with Crippen LogP contribution in [0.25, 0.3) is 0 Å². The number of nitrogens with one attached hydrogen (secondary N) is 1. The van der Waals surface area contributed by atoms with Gasteiger partial charge in [-0.2, -0.15) is 0 Å². The summed E-state index contributed by atoms with van der Waals surface area (Å²) in [7, 11) is 0. The fourth-order valence-corrected chi connectivity index (χ4v) is 1.97. The molecule has 1 heterocycles. The second kappa shape index (κ2) is 6.04. The van der Waals surface area contributed by atoms with E-state index in [1.54, 1.807) is 37.3 Å². The lowest BCUT2D eigenvalue weighted by Gasteiger charge is -2.11. The maximum Gasteiger partial charge on any atom is 0.251 e. The van der Waals surface area contributed by atoms with Crippen LogP contribution in [0.3, 0.4) is 0 Å². The van der Waals surface area contributed by atoms with E-state index in [-0.39, 0.29) is 17.7 Å². The minimum atomic E-state index is -0.626. The first kappa shape index (κ1) is 14.5. The number of hydrogen-bond donors (Lipinski definition) is 2. The summed E-state index contributed by atoms with van der Waals surface area (Å²) in [6.45, 7) is 1.62. The number of anilines is 1. The number of amides is 2. The average Bonchev–Trinajstić information content (AvgIpc) is 2.43. The van der Waals surface area contributed by atoms with E-state index in [0.29, 0.717) is 11.4 Å². The van der Waals surface area contributed by atoms with Crippen molar-refractivity contribution in [1.82, 2.24) is 4.57 Å². The highest BCUT2D eigenvalue weighted by Gasteiger charge is 2.11. The van der Waals surface area contributed by atoms with Crippen molar-refractivity contribution >= 4 is 17.5 Å². The number of benzene rings is 1. The van der Waals surface area contributed by atoms with E-state index in [0.717, 1.165) is 0 Å². The molecule has 0 radical (unpaired) electrons. The normalized spacial score (nSPS) is 10.1. The zero-order valence-corrected chi connectivity index (χ0v) is 11.5. The number of rotatable bonds is 4. The van der Waals surface area contributed by atoms with Crippen molar-refractivity contribution in [1.29, 1.82) is 0 Å². The number of aryl methyl sites for hydroxylation is 1. The second-order valence-corrected chi connectivity index (χ2v) is 4.55. The maximum absolute atomic E-state index is 12.0. The van der Waals surface area contributed by atoms with Crippen molar-refractivity contribution < 1.29 is 9.59 Å². The van der Waals surface area contributed by atoms with Crippen LogP contribution in [0.4, 0.5) is 5.69 Å². The number of nitrogens with two attached hydrogens (primary N) is 1. The number of aromatic nitrogens is 1.